The molecule has 0 saturated heterocycles. The first-order chi connectivity index (χ1) is 18.0. The minimum atomic E-state index is -5.19. The number of aliphatic imine (C=N–C) groups is 1. The van der Waals surface area contributed by atoms with Gasteiger partial charge in [-0.15, -0.1) is 0 Å². The van der Waals surface area contributed by atoms with E-state index in [1.807, 2.05) is 13.2 Å². The molecule has 1 aliphatic carbocycles. The van der Waals surface area contributed by atoms with Crippen LogP contribution < -0.4 is 16.4 Å². The predicted octanol–water partition coefficient (Wildman–Crippen LogP) is 4.72. The molecule has 1 aromatic rings. The van der Waals surface area contributed by atoms with Crippen LogP contribution in [0, 0.1) is 18.8 Å². The van der Waals surface area contributed by atoms with Gasteiger partial charge in [-0.3, -0.25) is 14.6 Å². The Morgan fingerprint density at radius 1 is 1.23 bits per heavy atom. The summed E-state index contributed by atoms with van der Waals surface area (Å²) < 4.78 is 77.1. The molecule has 1 fully saturated rings. The quantitative estimate of drug-likeness (QED) is 0.149. The summed E-state index contributed by atoms with van der Waals surface area (Å²) in [5.41, 5.74) is 1.31. The highest BCUT2D eigenvalue weighted by atomic mass is 127. The van der Waals surface area contributed by atoms with Gasteiger partial charge in [0.2, 0.25) is 11.8 Å². The number of carbonyl (C=O) groups is 2. The lowest BCUT2D eigenvalue weighted by Crippen LogP contribution is -2.48. The summed E-state index contributed by atoms with van der Waals surface area (Å²) in [7, 11) is 0. The lowest BCUT2D eigenvalue weighted by molar-refractivity contribution is -0.133. The number of hydrogen-bond donors (Lipinski definition) is 3. The first-order valence-corrected chi connectivity index (χ1v) is 14.4. The summed E-state index contributed by atoms with van der Waals surface area (Å²) in [6, 6.07) is -0.0640. The maximum atomic E-state index is 13.2. The topological polar surface area (TPSA) is 122 Å². The molecule has 4 atom stereocenters. The predicted molar refractivity (Wildman–Crippen MR) is 146 cm³/mol. The fourth-order valence-corrected chi connectivity index (χ4v) is 5.81. The maximum Gasteiger partial charge on any atom is 0.432 e. The van der Waals surface area contributed by atoms with Crippen LogP contribution in [0.4, 0.5) is 32.0 Å². The SMILES string of the molecule is CSC[C@H](C)NC(=O)C1C(I)CCCC1C(=O)Nc1cnc(CN=C(C=C(N)C(F)(F)F)C(F)(F)F)nc1C. The van der Waals surface area contributed by atoms with E-state index in [0.717, 1.165) is 18.6 Å². The van der Waals surface area contributed by atoms with Crippen molar-refractivity contribution < 1.29 is 35.9 Å². The zero-order valence-electron chi connectivity index (χ0n) is 21.3. The first-order valence-electron chi connectivity index (χ1n) is 11.8. The van der Waals surface area contributed by atoms with Crippen LogP contribution in [0.15, 0.2) is 23.0 Å². The number of anilines is 1. The highest BCUT2D eigenvalue weighted by Gasteiger charge is 2.41. The zero-order valence-corrected chi connectivity index (χ0v) is 24.3. The van der Waals surface area contributed by atoms with Gasteiger partial charge in [0.25, 0.3) is 0 Å². The molecule has 2 amide bonds. The van der Waals surface area contributed by atoms with Crippen LogP contribution in [0.3, 0.4) is 0 Å². The Morgan fingerprint density at radius 2 is 1.90 bits per heavy atom. The molecule has 0 spiro atoms. The Labute approximate surface area is 239 Å². The number of amides is 2. The number of nitrogens with one attached hydrogen (secondary N) is 2. The molecule has 1 aliphatic rings. The number of nitrogens with two attached hydrogens (primary N) is 1. The average molecular weight is 694 g/mol. The maximum absolute atomic E-state index is 13.2. The van der Waals surface area contributed by atoms with Crippen molar-refractivity contribution in [1.29, 1.82) is 0 Å². The molecule has 3 unspecified atom stereocenters. The van der Waals surface area contributed by atoms with Crippen molar-refractivity contribution in [3.05, 3.63) is 29.5 Å². The molecule has 0 bridgehead atoms. The zero-order chi connectivity index (χ0) is 29.5. The van der Waals surface area contributed by atoms with E-state index >= 15 is 0 Å². The van der Waals surface area contributed by atoms with Crippen LogP contribution in [-0.2, 0) is 16.1 Å². The molecule has 2 rings (SSSR count). The van der Waals surface area contributed by atoms with Crippen LogP contribution in [0.1, 0.15) is 37.7 Å². The summed E-state index contributed by atoms with van der Waals surface area (Å²) in [5, 5.41) is 5.67. The van der Waals surface area contributed by atoms with Crippen molar-refractivity contribution in [3.8, 4) is 0 Å². The molecule has 0 aromatic carbocycles. The van der Waals surface area contributed by atoms with Crippen molar-refractivity contribution in [3.63, 3.8) is 0 Å². The number of carbonyl (C=O) groups excluding carboxylic acids is 2. The van der Waals surface area contributed by atoms with Crippen molar-refractivity contribution in [2.45, 2.75) is 62.0 Å². The second-order valence-electron chi connectivity index (χ2n) is 9.02. The van der Waals surface area contributed by atoms with Gasteiger partial charge in [-0.2, -0.15) is 38.1 Å². The number of hydrogen-bond acceptors (Lipinski definition) is 7. The minimum Gasteiger partial charge on any atom is -0.395 e. The molecule has 4 N–H and O–H groups in total. The van der Waals surface area contributed by atoms with Gasteiger partial charge < -0.3 is 16.4 Å². The van der Waals surface area contributed by atoms with Crippen LogP contribution in [0.5, 0.6) is 0 Å². The van der Waals surface area contributed by atoms with Gasteiger partial charge in [-0.25, -0.2) is 9.97 Å². The third-order valence-electron chi connectivity index (χ3n) is 5.85. The third-order valence-corrected chi connectivity index (χ3v) is 8.08. The molecule has 0 aliphatic heterocycles. The standard InChI is InChI=1S/C23H29F6IN6O2S/c1-11(10-39-3)34-21(38)19-13(5-4-6-14(19)30)20(37)36-15-8-33-18(35-12(15)2)9-32-17(23(27,28)29)7-16(31)22(24,25)26/h7-8,11,13-14,19H,4-6,9-10,31H2,1-3H3,(H,34,38)(H,36,37)/t11-,13?,14?,19?/m0/s1. The molecular weight excluding hydrogens is 665 g/mol. The van der Waals surface area contributed by atoms with Gasteiger partial charge in [-0.1, -0.05) is 29.0 Å². The van der Waals surface area contributed by atoms with E-state index in [9.17, 15) is 35.9 Å². The van der Waals surface area contributed by atoms with Crippen LogP contribution in [0.25, 0.3) is 0 Å². The highest BCUT2D eigenvalue weighted by molar-refractivity contribution is 14.1. The molecule has 1 saturated carbocycles. The normalized spacial score (nSPS) is 21.8. The summed E-state index contributed by atoms with van der Waals surface area (Å²) in [6.45, 7) is 2.59. The van der Waals surface area contributed by atoms with Gasteiger partial charge in [0, 0.05) is 15.7 Å². The number of aryl methyl sites for hydroxylation is 1. The number of halogens is 7. The van der Waals surface area contributed by atoms with E-state index in [4.69, 9.17) is 5.73 Å². The largest absolute Gasteiger partial charge is 0.432 e. The fraction of sp³-hybridized carbons (Fsp3) is 0.609. The number of nitrogens with zero attached hydrogens (tertiary/aromatic N) is 3. The molecule has 0 radical (unpaired) electrons. The first kappa shape index (κ1) is 33.1. The molecule has 16 heteroatoms. The van der Waals surface area contributed by atoms with Gasteiger partial charge in [0.1, 0.15) is 17.2 Å². The fourth-order valence-electron chi connectivity index (χ4n) is 3.96. The van der Waals surface area contributed by atoms with Gasteiger partial charge in [-0.05, 0) is 39.0 Å². The Kier molecular flexibility index (Phi) is 11.9. The van der Waals surface area contributed by atoms with Crippen LogP contribution in [-0.4, -0.2) is 61.8 Å². The van der Waals surface area contributed by atoms with Gasteiger partial charge >= 0.3 is 12.4 Å². The second-order valence-corrected chi connectivity index (χ2v) is 11.5. The van der Waals surface area contributed by atoms with E-state index in [1.54, 1.807) is 11.8 Å². The van der Waals surface area contributed by atoms with Crippen molar-refractivity contribution in [2.75, 3.05) is 17.3 Å². The summed E-state index contributed by atoms with van der Waals surface area (Å²) in [4.78, 5) is 37.3. The number of thioether (sulfide) groups is 1. The lowest BCUT2D eigenvalue weighted by Gasteiger charge is -2.34. The summed E-state index contributed by atoms with van der Waals surface area (Å²) >= 11 is 3.78. The Hall–Kier alpha value is -2.11. The third kappa shape index (κ3) is 9.79. The molecule has 39 heavy (non-hydrogen) atoms. The number of rotatable bonds is 9. The Morgan fingerprint density at radius 3 is 2.46 bits per heavy atom. The summed E-state index contributed by atoms with van der Waals surface area (Å²) in [6.07, 6.45) is -5.47. The number of alkyl halides is 7. The lowest BCUT2D eigenvalue weighted by atomic mass is 9.78. The van der Waals surface area contributed by atoms with Crippen LogP contribution in [0.2, 0.25) is 0 Å². The molecule has 218 valence electrons. The monoisotopic (exact) mass is 694 g/mol. The van der Waals surface area contributed by atoms with E-state index in [2.05, 4.69) is 48.2 Å². The van der Waals surface area contributed by atoms with Crippen molar-refractivity contribution in [1.82, 2.24) is 15.3 Å². The molecule has 8 nitrogen and oxygen atoms in total. The van der Waals surface area contributed by atoms with Gasteiger partial charge in [0.15, 0.2) is 0 Å². The van der Waals surface area contributed by atoms with E-state index in [1.165, 1.54) is 13.1 Å². The van der Waals surface area contributed by atoms with Crippen molar-refractivity contribution in [2.24, 2.45) is 22.6 Å². The highest BCUT2D eigenvalue weighted by Crippen LogP contribution is 2.36. The number of allylic oxidation sites excluding steroid dienone is 2. The van der Waals surface area contributed by atoms with Crippen LogP contribution >= 0.6 is 34.4 Å². The average Bonchev–Trinajstić information content (AvgIpc) is 2.81. The van der Waals surface area contributed by atoms with E-state index in [0.29, 0.717) is 6.42 Å². The molecule has 1 aromatic heterocycles. The van der Waals surface area contributed by atoms with E-state index in [-0.39, 0.29) is 39.2 Å². The smallest absolute Gasteiger partial charge is 0.395 e. The number of aromatic nitrogens is 2. The molecular formula is C23H29F6IN6O2S. The van der Waals surface area contributed by atoms with Gasteiger partial charge in [0.05, 0.1) is 36.0 Å². The minimum absolute atomic E-state index is 0.0468. The molecule has 1 heterocycles. The summed E-state index contributed by atoms with van der Waals surface area (Å²) in [5.74, 6) is -1.24. The Balaban J connectivity index is 2.19. The van der Waals surface area contributed by atoms with Crippen molar-refractivity contribution >= 4 is 57.6 Å². The second kappa shape index (κ2) is 14.0. The Bertz CT molecular complexity index is 1100. The van der Waals surface area contributed by atoms with E-state index < -0.39 is 48.0 Å².